The second-order valence-corrected chi connectivity index (χ2v) is 7.34. The average Bonchev–Trinajstić information content (AvgIpc) is 2.69. The highest BCUT2D eigenvalue weighted by molar-refractivity contribution is 7.99. The van der Waals surface area contributed by atoms with Crippen LogP contribution in [0.25, 0.3) is 21.9 Å². The number of fused-ring (bicyclic) bond motifs is 1. The van der Waals surface area contributed by atoms with E-state index in [4.69, 9.17) is 0 Å². The van der Waals surface area contributed by atoms with Crippen LogP contribution < -0.4 is 0 Å². The zero-order valence-electron chi connectivity index (χ0n) is 14.1. The van der Waals surface area contributed by atoms with E-state index in [1.54, 1.807) is 0 Å². The predicted octanol–water partition coefficient (Wildman–Crippen LogP) is 6.84. The largest absolute Gasteiger partial charge is 0.126 e. The van der Waals surface area contributed by atoms with Gasteiger partial charge >= 0.3 is 0 Å². The van der Waals surface area contributed by atoms with Crippen molar-refractivity contribution >= 4 is 22.5 Å². The predicted molar refractivity (Wildman–Crippen MR) is 110 cm³/mol. The number of rotatable bonds is 5. The molecule has 0 aliphatic rings. The van der Waals surface area contributed by atoms with E-state index in [0.717, 1.165) is 12.2 Å². The van der Waals surface area contributed by atoms with E-state index in [-0.39, 0.29) is 0 Å². The Morgan fingerprint density at radius 2 is 1.24 bits per heavy atom. The van der Waals surface area contributed by atoms with Crippen molar-refractivity contribution in [1.29, 1.82) is 0 Å². The maximum absolute atomic E-state index is 2.29. The second-order valence-electron chi connectivity index (χ2n) is 6.17. The van der Waals surface area contributed by atoms with Gasteiger partial charge in [-0.3, -0.25) is 0 Å². The Hall–Kier alpha value is -2.51. The normalized spacial score (nSPS) is 10.9. The molecule has 25 heavy (non-hydrogen) atoms. The zero-order chi connectivity index (χ0) is 16.9. The summed E-state index contributed by atoms with van der Waals surface area (Å²) in [6.07, 6.45) is 1.09. The van der Waals surface area contributed by atoms with Gasteiger partial charge in [0.15, 0.2) is 0 Å². The van der Waals surface area contributed by atoms with E-state index < -0.39 is 0 Å². The van der Waals surface area contributed by atoms with Crippen molar-refractivity contribution in [3.05, 3.63) is 103 Å². The zero-order valence-corrected chi connectivity index (χ0v) is 14.9. The van der Waals surface area contributed by atoms with Crippen molar-refractivity contribution in [1.82, 2.24) is 0 Å². The topological polar surface area (TPSA) is 0 Å². The summed E-state index contributed by atoms with van der Waals surface area (Å²) in [4.78, 5) is 1.35. The molecule has 0 aromatic heterocycles. The van der Waals surface area contributed by atoms with Crippen molar-refractivity contribution in [3.63, 3.8) is 0 Å². The van der Waals surface area contributed by atoms with Crippen LogP contribution in [0.3, 0.4) is 0 Å². The lowest BCUT2D eigenvalue weighted by Gasteiger charge is -2.06. The molecule has 0 spiro atoms. The lowest BCUT2D eigenvalue weighted by Crippen LogP contribution is -1.89. The minimum absolute atomic E-state index is 1.09. The van der Waals surface area contributed by atoms with Crippen molar-refractivity contribution in [2.75, 3.05) is 5.75 Å². The Labute approximate surface area is 153 Å². The molecule has 0 aliphatic heterocycles. The van der Waals surface area contributed by atoms with Crippen molar-refractivity contribution in [2.24, 2.45) is 0 Å². The summed E-state index contributed by atoms with van der Waals surface area (Å²) < 4.78 is 0. The Bertz CT molecular complexity index is 956. The van der Waals surface area contributed by atoms with E-state index in [0.29, 0.717) is 0 Å². The van der Waals surface area contributed by atoms with E-state index in [1.807, 2.05) is 11.8 Å². The maximum Gasteiger partial charge on any atom is 0.00784 e. The van der Waals surface area contributed by atoms with Crippen LogP contribution in [0.4, 0.5) is 0 Å². The average molecular weight is 340 g/mol. The van der Waals surface area contributed by atoms with Gasteiger partial charge in [0, 0.05) is 10.6 Å². The van der Waals surface area contributed by atoms with Crippen LogP contribution in [-0.2, 0) is 6.42 Å². The van der Waals surface area contributed by atoms with Crippen LogP contribution >= 0.6 is 11.8 Å². The van der Waals surface area contributed by atoms with Crippen LogP contribution in [-0.4, -0.2) is 5.75 Å². The Morgan fingerprint density at radius 3 is 2.04 bits per heavy atom. The van der Waals surface area contributed by atoms with Gasteiger partial charge in [-0.15, -0.1) is 11.8 Å². The number of benzene rings is 4. The molecule has 0 radical (unpaired) electrons. The van der Waals surface area contributed by atoms with Gasteiger partial charge in [-0.2, -0.15) is 0 Å². The fourth-order valence-corrected chi connectivity index (χ4v) is 3.99. The van der Waals surface area contributed by atoms with Gasteiger partial charge in [-0.1, -0.05) is 84.9 Å². The van der Waals surface area contributed by atoms with E-state index in [9.17, 15) is 0 Å². The van der Waals surface area contributed by atoms with E-state index in [2.05, 4.69) is 97.1 Å². The van der Waals surface area contributed by atoms with Crippen molar-refractivity contribution in [2.45, 2.75) is 11.3 Å². The SMILES string of the molecule is c1ccc(-c2ccc(CCSc3ccc4ccccc4c3)cc2)cc1. The van der Waals surface area contributed by atoms with Gasteiger partial charge in [-0.25, -0.2) is 0 Å². The van der Waals surface area contributed by atoms with Gasteiger partial charge in [0.1, 0.15) is 0 Å². The van der Waals surface area contributed by atoms with Crippen molar-refractivity contribution < 1.29 is 0 Å². The molecule has 4 aromatic rings. The van der Waals surface area contributed by atoms with Gasteiger partial charge in [0.2, 0.25) is 0 Å². The Kier molecular flexibility index (Phi) is 4.85. The lowest BCUT2D eigenvalue weighted by molar-refractivity contribution is 1.15. The molecule has 0 saturated heterocycles. The third-order valence-electron chi connectivity index (χ3n) is 4.44. The molecule has 122 valence electrons. The van der Waals surface area contributed by atoms with Crippen LogP contribution in [0.2, 0.25) is 0 Å². The summed E-state index contributed by atoms with van der Waals surface area (Å²) in [6.45, 7) is 0. The summed E-state index contributed by atoms with van der Waals surface area (Å²) in [6, 6.07) is 34.8. The summed E-state index contributed by atoms with van der Waals surface area (Å²) in [5.74, 6) is 1.10. The number of hydrogen-bond donors (Lipinski definition) is 0. The van der Waals surface area contributed by atoms with Crippen molar-refractivity contribution in [3.8, 4) is 11.1 Å². The standard InChI is InChI=1S/C24H20S/c1-2-6-20(7-3-1)22-12-10-19(11-13-22)16-17-25-24-15-14-21-8-4-5-9-23(21)18-24/h1-15,18H,16-17H2. The molecule has 0 bridgehead atoms. The summed E-state index contributed by atoms with van der Waals surface area (Å²) >= 11 is 1.93. The molecule has 4 aromatic carbocycles. The van der Waals surface area contributed by atoms with Crippen LogP contribution in [0.5, 0.6) is 0 Å². The third kappa shape index (κ3) is 3.94. The monoisotopic (exact) mass is 340 g/mol. The van der Waals surface area contributed by atoms with Gasteiger partial charge in [0.05, 0.1) is 0 Å². The van der Waals surface area contributed by atoms with Crippen LogP contribution in [0, 0.1) is 0 Å². The minimum atomic E-state index is 1.09. The van der Waals surface area contributed by atoms with Gasteiger partial charge in [0.25, 0.3) is 0 Å². The number of aryl methyl sites for hydroxylation is 1. The highest BCUT2D eigenvalue weighted by Gasteiger charge is 2.00. The summed E-state index contributed by atoms with van der Waals surface area (Å²) in [5.41, 5.74) is 3.96. The fourth-order valence-electron chi connectivity index (χ4n) is 3.04. The molecular weight excluding hydrogens is 320 g/mol. The molecule has 0 fully saturated rings. The smallest absolute Gasteiger partial charge is 0.00784 e. The van der Waals surface area contributed by atoms with Crippen LogP contribution in [0.15, 0.2) is 102 Å². The molecule has 0 atom stereocenters. The number of hydrogen-bond acceptors (Lipinski definition) is 1. The molecule has 0 amide bonds. The lowest BCUT2D eigenvalue weighted by atomic mass is 10.0. The molecule has 0 N–H and O–H groups in total. The fraction of sp³-hybridized carbons (Fsp3) is 0.0833. The molecule has 1 heteroatoms. The highest BCUT2D eigenvalue weighted by atomic mass is 32.2. The molecule has 4 rings (SSSR count). The summed E-state index contributed by atoms with van der Waals surface area (Å²) in [7, 11) is 0. The molecule has 0 nitrogen and oxygen atoms in total. The molecular formula is C24H20S. The molecule has 0 saturated carbocycles. The molecule has 0 heterocycles. The third-order valence-corrected chi connectivity index (χ3v) is 5.44. The number of thioether (sulfide) groups is 1. The first kappa shape index (κ1) is 16.0. The van der Waals surface area contributed by atoms with E-state index >= 15 is 0 Å². The van der Waals surface area contributed by atoms with Crippen LogP contribution in [0.1, 0.15) is 5.56 Å². The maximum atomic E-state index is 2.29. The minimum Gasteiger partial charge on any atom is -0.126 e. The highest BCUT2D eigenvalue weighted by Crippen LogP contribution is 2.25. The first-order valence-electron chi connectivity index (χ1n) is 8.64. The quantitative estimate of drug-likeness (QED) is 0.358. The second kappa shape index (κ2) is 7.58. The Balaban J connectivity index is 1.38. The summed E-state index contributed by atoms with van der Waals surface area (Å²) in [5, 5.41) is 2.63. The van der Waals surface area contributed by atoms with Gasteiger partial charge < -0.3 is 0 Å². The first-order valence-corrected chi connectivity index (χ1v) is 9.63. The Morgan fingerprint density at radius 1 is 0.560 bits per heavy atom. The molecule has 0 aliphatic carbocycles. The molecule has 0 unspecified atom stereocenters. The van der Waals surface area contributed by atoms with E-state index in [1.165, 1.54) is 32.4 Å². The first-order chi connectivity index (χ1) is 12.4. The van der Waals surface area contributed by atoms with Gasteiger partial charge in [-0.05, 0) is 46.0 Å².